The van der Waals surface area contributed by atoms with E-state index in [0.717, 1.165) is 65.7 Å². The van der Waals surface area contributed by atoms with Crippen molar-refractivity contribution in [3.05, 3.63) is 54.1 Å². The first-order valence-electron chi connectivity index (χ1n) is 10.1. The molecule has 1 aromatic heterocycles. The SMILES string of the molecule is O=C(NC1CC1)C(Nc1ccc2nc(N3CCOCC3)sc2c1)c1ccccc1. The average Bonchev–Trinajstić information content (AvgIpc) is 3.48. The molecule has 6 nitrogen and oxygen atoms in total. The van der Waals surface area contributed by atoms with Crippen LogP contribution in [0.25, 0.3) is 10.2 Å². The first kappa shape index (κ1) is 18.4. The summed E-state index contributed by atoms with van der Waals surface area (Å²) in [5, 5.41) is 7.60. The molecule has 3 aromatic rings. The number of anilines is 2. The normalized spacial score (nSPS) is 17.9. The van der Waals surface area contributed by atoms with E-state index in [-0.39, 0.29) is 5.91 Å². The van der Waals surface area contributed by atoms with E-state index in [0.29, 0.717) is 6.04 Å². The highest BCUT2D eigenvalue weighted by Gasteiger charge is 2.28. The van der Waals surface area contributed by atoms with Gasteiger partial charge in [-0.05, 0) is 36.6 Å². The molecule has 5 rings (SSSR count). The molecule has 0 spiro atoms. The number of hydrogen-bond acceptors (Lipinski definition) is 6. The second kappa shape index (κ2) is 8.00. The molecule has 1 unspecified atom stereocenters. The average molecular weight is 409 g/mol. The smallest absolute Gasteiger partial charge is 0.247 e. The monoisotopic (exact) mass is 408 g/mol. The maximum absolute atomic E-state index is 12.9. The summed E-state index contributed by atoms with van der Waals surface area (Å²) in [6.45, 7) is 3.25. The predicted molar refractivity (Wildman–Crippen MR) is 117 cm³/mol. The first-order chi connectivity index (χ1) is 14.3. The summed E-state index contributed by atoms with van der Waals surface area (Å²) >= 11 is 1.69. The van der Waals surface area contributed by atoms with Crippen molar-refractivity contribution in [1.82, 2.24) is 10.3 Å². The molecule has 150 valence electrons. The summed E-state index contributed by atoms with van der Waals surface area (Å²) in [5.74, 6) is 0.0251. The molecule has 2 aliphatic rings. The van der Waals surface area contributed by atoms with E-state index < -0.39 is 6.04 Å². The fourth-order valence-electron chi connectivity index (χ4n) is 3.52. The lowest BCUT2D eigenvalue weighted by Crippen LogP contribution is -2.36. The predicted octanol–water partition coefficient (Wildman–Crippen LogP) is 3.56. The number of nitrogens with zero attached hydrogens (tertiary/aromatic N) is 2. The zero-order valence-electron chi connectivity index (χ0n) is 16.1. The molecule has 2 aromatic carbocycles. The zero-order chi connectivity index (χ0) is 19.6. The second-order valence-corrected chi connectivity index (χ2v) is 8.56. The maximum Gasteiger partial charge on any atom is 0.247 e. The molecule has 1 aliphatic carbocycles. The highest BCUT2D eigenvalue weighted by Crippen LogP contribution is 2.32. The van der Waals surface area contributed by atoms with E-state index in [1.165, 1.54) is 0 Å². The maximum atomic E-state index is 12.9. The number of fused-ring (bicyclic) bond motifs is 1. The van der Waals surface area contributed by atoms with Crippen LogP contribution in [0.3, 0.4) is 0 Å². The van der Waals surface area contributed by atoms with Crippen molar-refractivity contribution in [2.45, 2.75) is 24.9 Å². The number of carbonyl (C=O) groups excluding carboxylic acids is 1. The second-order valence-electron chi connectivity index (χ2n) is 7.55. The van der Waals surface area contributed by atoms with Crippen molar-refractivity contribution in [3.8, 4) is 0 Å². The van der Waals surface area contributed by atoms with Crippen molar-refractivity contribution in [1.29, 1.82) is 0 Å². The Morgan fingerprint density at radius 2 is 1.93 bits per heavy atom. The van der Waals surface area contributed by atoms with E-state index in [2.05, 4.69) is 21.6 Å². The van der Waals surface area contributed by atoms with Gasteiger partial charge in [-0.25, -0.2) is 4.98 Å². The molecule has 1 saturated heterocycles. The van der Waals surface area contributed by atoms with Gasteiger partial charge in [0.25, 0.3) is 0 Å². The van der Waals surface area contributed by atoms with E-state index in [4.69, 9.17) is 9.72 Å². The quantitative estimate of drug-likeness (QED) is 0.653. The Kier molecular flexibility index (Phi) is 5.08. The van der Waals surface area contributed by atoms with Crippen molar-refractivity contribution < 1.29 is 9.53 Å². The lowest BCUT2D eigenvalue weighted by atomic mass is 10.1. The number of nitrogens with one attached hydrogen (secondary N) is 2. The third-order valence-corrected chi connectivity index (χ3v) is 6.37. The van der Waals surface area contributed by atoms with Gasteiger partial charge in [0, 0.05) is 24.8 Å². The number of morpholine rings is 1. The van der Waals surface area contributed by atoms with Gasteiger partial charge in [0.15, 0.2) is 5.13 Å². The van der Waals surface area contributed by atoms with Gasteiger partial charge in [-0.2, -0.15) is 0 Å². The summed E-state index contributed by atoms with van der Waals surface area (Å²) < 4.78 is 6.56. The Balaban J connectivity index is 1.39. The van der Waals surface area contributed by atoms with Crippen LogP contribution in [0.1, 0.15) is 24.4 Å². The van der Waals surface area contributed by atoms with Crippen LogP contribution in [0.5, 0.6) is 0 Å². The highest BCUT2D eigenvalue weighted by molar-refractivity contribution is 7.22. The lowest BCUT2D eigenvalue weighted by Gasteiger charge is -2.25. The number of ether oxygens (including phenoxy) is 1. The van der Waals surface area contributed by atoms with Crippen molar-refractivity contribution in [3.63, 3.8) is 0 Å². The van der Waals surface area contributed by atoms with Crippen LogP contribution in [0, 0.1) is 0 Å². The van der Waals surface area contributed by atoms with Crippen LogP contribution in [-0.4, -0.2) is 43.2 Å². The Morgan fingerprint density at radius 3 is 2.69 bits per heavy atom. The summed E-state index contributed by atoms with van der Waals surface area (Å²) in [5.41, 5.74) is 2.87. The van der Waals surface area contributed by atoms with Gasteiger partial charge in [0.05, 0.1) is 23.4 Å². The van der Waals surface area contributed by atoms with Crippen LogP contribution in [0.4, 0.5) is 10.8 Å². The topological polar surface area (TPSA) is 66.5 Å². The molecule has 2 heterocycles. The van der Waals surface area contributed by atoms with Gasteiger partial charge in [-0.15, -0.1) is 0 Å². The summed E-state index contributed by atoms with van der Waals surface area (Å²) in [6.07, 6.45) is 2.15. The van der Waals surface area contributed by atoms with Gasteiger partial charge in [0.1, 0.15) is 6.04 Å². The van der Waals surface area contributed by atoms with Gasteiger partial charge in [-0.3, -0.25) is 4.79 Å². The number of carbonyl (C=O) groups is 1. The molecular weight excluding hydrogens is 384 g/mol. The molecule has 7 heteroatoms. The zero-order valence-corrected chi connectivity index (χ0v) is 17.0. The summed E-state index contributed by atoms with van der Waals surface area (Å²) in [6, 6.07) is 15.9. The fraction of sp³-hybridized carbons (Fsp3) is 0.364. The van der Waals surface area contributed by atoms with Gasteiger partial charge in [0.2, 0.25) is 5.91 Å². The molecule has 0 bridgehead atoms. The van der Waals surface area contributed by atoms with E-state index in [1.54, 1.807) is 11.3 Å². The number of hydrogen-bond donors (Lipinski definition) is 2. The number of benzene rings is 2. The molecule has 2 N–H and O–H groups in total. The minimum Gasteiger partial charge on any atom is -0.378 e. The van der Waals surface area contributed by atoms with Crippen LogP contribution >= 0.6 is 11.3 Å². The van der Waals surface area contributed by atoms with Crippen LogP contribution < -0.4 is 15.5 Å². The first-order valence-corrected chi connectivity index (χ1v) is 10.9. The minimum atomic E-state index is -0.416. The van der Waals surface area contributed by atoms with Crippen molar-refractivity contribution in [2.75, 3.05) is 36.5 Å². The number of thiazole rings is 1. The number of aromatic nitrogens is 1. The Hall–Kier alpha value is -2.64. The van der Waals surface area contributed by atoms with Crippen LogP contribution in [0.2, 0.25) is 0 Å². The largest absolute Gasteiger partial charge is 0.378 e. The standard InChI is InChI=1S/C22H24N4O2S/c27-21(24-16-6-7-16)20(15-4-2-1-3-5-15)23-17-8-9-18-19(14-17)29-22(25-18)26-10-12-28-13-11-26/h1-5,8-9,14,16,20,23H,6-7,10-13H2,(H,24,27). The molecule has 1 aliphatic heterocycles. The number of amides is 1. The Bertz CT molecular complexity index is 996. The van der Waals surface area contributed by atoms with Gasteiger partial charge < -0.3 is 20.3 Å². The van der Waals surface area contributed by atoms with E-state index in [1.807, 2.05) is 42.5 Å². The number of rotatable bonds is 6. The van der Waals surface area contributed by atoms with Gasteiger partial charge >= 0.3 is 0 Å². The van der Waals surface area contributed by atoms with Crippen LogP contribution in [-0.2, 0) is 9.53 Å². The molecule has 1 saturated carbocycles. The van der Waals surface area contributed by atoms with Gasteiger partial charge in [-0.1, -0.05) is 41.7 Å². The minimum absolute atomic E-state index is 0.0251. The summed E-state index contributed by atoms with van der Waals surface area (Å²) in [7, 11) is 0. The van der Waals surface area contributed by atoms with Crippen molar-refractivity contribution in [2.24, 2.45) is 0 Å². The van der Waals surface area contributed by atoms with E-state index in [9.17, 15) is 4.79 Å². The third kappa shape index (κ3) is 4.21. The van der Waals surface area contributed by atoms with Crippen molar-refractivity contribution >= 4 is 38.3 Å². The molecule has 0 radical (unpaired) electrons. The molecule has 1 atom stereocenters. The van der Waals surface area contributed by atoms with E-state index >= 15 is 0 Å². The highest BCUT2D eigenvalue weighted by atomic mass is 32.1. The lowest BCUT2D eigenvalue weighted by molar-refractivity contribution is -0.122. The summed E-state index contributed by atoms with van der Waals surface area (Å²) in [4.78, 5) is 19.9. The third-order valence-electron chi connectivity index (χ3n) is 5.29. The molecule has 2 fully saturated rings. The molecular formula is C22H24N4O2S. The fourth-order valence-corrected chi connectivity index (χ4v) is 4.57. The van der Waals surface area contributed by atoms with Crippen LogP contribution in [0.15, 0.2) is 48.5 Å². The molecule has 29 heavy (non-hydrogen) atoms. The Labute approximate surface area is 173 Å². The Morgan fingerprint density at radius 1 is 1.14 bits per heavy atom. The molecule has 1 amide bonds.